The van der Waals surface area contributed by atoms with Crippen LogP contribution in [-0.4, -0.2) is 15.7 Å². The van der Waals surface area contributed by atoms with E-state index >= 15 is 0 Å². The molecule has 1 atom stereocenters. The fourth-order valence-corrected chi connectivity index (χ4v) is 2.28. The molecule has 0 spiro atoms. The highest BCUT2D eigenvalue weighted by atomic mass is 32.2. The first-order valence-corrected chi connectivity index (χ1v) is 6.10. The van der Waals surface area contributed by atoms with Gasteiger partial charge in [-0.1, -0.05) is 13.8 Å². The zero-order valence-electron chi connectivity index (χ0n) is 9.00. The van der Waals surface area contributed by atoms with E-state index < -0.39 is 22.4 Å². The highest BCUT2D eigenvalue weighted by Gasteiger charge is 2.16. The molecule has 0 amide bonds. The minimum atomic E-state index is -1.75. The normalized spacial score (nSPS) is 12.8. The minimum Gasteiger partial charge on any atom is -0.298 e. The fourth-order valence-electron chi connectivity index (χ4n) is 1.03. The van der Waals surface area contributed by atoms with E-state index in [2.05, 4.69) is 0 Å². The molecule has 0 radical (unpaired) electrons. The second-order valence-electron chi connectivity index (χ2n) is 3.69. The number of rotatable bonds is 4. The second-order valence-corrected chi connectivity index (χ2v) is 5.11. The first-order valence-electron chi connectivity index (χ1n) is 4.78. The number of hydrogen-bond donors (Lipinski definition) is 0. The van der Waals surface area contributed by atoms with Crippen LogP contribution < -0.4 is 0 Å². The first kappa shape index (κ1) is 13.0. The molecule has 0 aliphatic carbocycles. The Morgan fingerprint density at radius 2 is 2.00 bits per heavy atom. The monoisotopic (exact) mass is 246 g/mol. The molecule has 0 saturated carbocycles. The topological polar surface area (TPSA) is 34.1 Å². The molecule has 0 fully saturated rings. The maximum atomic E-state index is 13.2. The predicted molar refractivity (Wildman–Crippen MR) is 57.5 cm³/mol. The van der Waals surface area contributed by atoms with Crippen LogP contribution in [0.3, 0.4) is 0 Å². The van der Waals surface area contributed by atoms with E-state index in [9.17, 15) is 17.8 Å². The molecule has 0 heterocycles. The van der Waals surface area contributed by atoms with Crippen LogP contribution in [0.15, 0.2) is 23.1 Å². The van der Waals surface area contributed by atoms with E-state index in [4.69, 9.17) is 0 Å². The molecule has 2 nitrogen and oxygen atoms in total. The Hall–Kier alpha value is -1.10. The average Bonchev–Trinajstić information content (AvgIpc) is 2.16. The first-order chi connectivity index (χ1) is 7.41. The number of hydrogen-bond acceptors (Lipinski definition) is 2. The van der Waals surface area contributed by atoms with Gasteiger partial charge in [0.15, 0.2) is 0 Å². The summed E-state index contributed by atoms with van der Waals surface area (Å²) >= 11 is 0. The molecular weight excluding hydrogens is 234 g/mol. The molecule has 0 aliphatic heterocycles. The SMILES string of the molecule is CC(C)C(=O)CS(=O)c1ccc(F)cc1F. The van der Waals surface area contributed by atoms with E-state index in [0.29, 0.717) is 6.07 Å². The molecule has 1 aromatic carbocycles. The lowest BCUT2D eigenvalue weighted by molar-refractivity contribution is -0.119. The Balaban J connectivity index is 2.85. The van der Waals surface area contributed by atoms with Crippen LogP contribution in [-0.2, 0) is 15.6 Å². The van der Waals surface area contributed by atoms with Crippen LogP contribution in [0.4, 0.5) is 8.78 Å². The van der Waals surface area contributed by atoms with Crippen molar-refractivity contribution >= 4 is 16.6 Å². The summed E-state index contributed by atoms with van der Waals surface area (Å²) in [6, 6.07) is 2.79. The standard InChI is InChI=1S/C11H12F2O2S/c1-7(2)10(14)6-16(15)11-4-3-8(12)5-9(11)13/h3-5,7H,6H2,1-2H3. The van der Waals surface area contributed by atoms with E-state index in [0.717, 1.165) is 12.1 Å². The molecule has 16 heavy (non-hydrogen) atoms. The van der Waals surface area contributed by atoms with Crippen molar-refractivity contribution in [1.29, 1.82) is 0 Å². The van der Waals surface area contributed by atoms with Gasteiger partial charge in [-0.3, -0.25) is 9.00 Å². The van der Waals surface area contributed by atoms with Crippen LogP contribution in [0.5, 0.6) is 0 Å². The van der Waals surface area contributed by atoms with Gasteiger partial charge in [-0.2, -0.15) is 0 Å². The van der Waals surface area contributed by atoms with Gasteiger partial charge in [0.25, 0.3) is 0 Å². The van der Waals surface area contributed by atoms with Crippen LogP contribution in [0.25, 0.3) is 0 Å². The highest BCUT2D eigenvalue weighted by Crippen LogP contribution is 2.14. The Morgan fingerprint density at radius 3 is 2.50 bits per heavy atom. The lowest BCUT2D eigenvalue weighted by Gasteiger charge is -2.05. The van der Waals surface area contributed by atoms with Crippen molar-refractivity contribution < 1.29 is 17.8 Å². The fraction of sp³-hybridized carbons (Fsp3) is 0.364. The van der Waals surface area contributed by atoms with Crippen molar-refractivity contribution in [2.75, 3.05) is 5.75 Å². The zero-order valence-corrected chi connectivity index (χ0v) is 9.81. The maximum absolute atomic E-state index is 13.2. The molecule has 1 unspecified atom stereocenters. The molecule has 88 valence electrons. The predicted octanol–water partition coefficient (Wildman–Crippen LogP) is 2.30. The van der Waals surface area contributed by atoms with Crippen molar-refractivity contribution in [3.05, 3.63) is 29.8 Å². The lowest BCUT2D eigenvalue weighted by Crippen LogP contribution is -2.16. The molecular formula is C11H12F2O2S. The smallest absolute Gasteiger partial charge is 0.148 e. The van der Waals surface area contributed by atoms with Gasteiger partial charge in [-0.15, -0.1) is 0 Å². The van der Waals surface area contributed by atoms with Crippen molar-refractivity contribution in [2.45, 2.75) is 18.7 Å². The summed E-state index contributed by atoms with van der Waals surface area (Å²) in [6.07, 6.45) is 0. The van der Waals surface area contributed by atoms with Crippen LogP contribution in [0.1, 0.15) is 13.8 Å². The Morgan fingerprint density at radius 1 is 1.38 bits per heavy atom. The number of carbonyl (C=O) groups is 1. The van der Waals surface area contributed by atoms with Gasteiger partial charge in [0.05, 0.1) is 21.4 Å². The third kappa shape index (κ3) is 3.20. The molecule has 0 bridgehead atoms. The molecule has 0 aliphatic rings. The highest BCUT2D eigenvalue weighted by molar-refractivity contribution is 7.85. The molecule has 0 aromatic heterocycles. The van der Waals surface area contributed by atoms with Crippen LogP contribution >= 0.6 is 0 Å². The van der Waals surface area contributed by atoms with Crippen molar-refractivity contribution in [1.82, 2.24) is 0 Å². The summed E-state index contributed by atoms with van der Waals surface area (Å²) in [5.41, 5.74) is 0. The Bertz CT molecular complexity index is 430. The number of benzene rings is 1. The summed E-state index contributed by atoms with van der Waals surface area (Å²) in [4.78, 5) is 11.2. The average molecular weight is 246 g/mol. The van der Waals surface area contributed by atoms with Gasteiger partial charge in [-0.25, -0.2) is 8.78 Å². The summed E-state index contributed by atoms with van der Waals surface area (Å²) < 4.78 is 37.4. The minimum absolute atomic E-state index is 0.129. The molecule has 1 rings (SSSR count). The van der Waals surface area contributed by atoms with E-state index in [1.54, 1.807) is 13.8 Å². The van der Waals surface area contributed by atoms with Crippen molar-refractivity contribution in [2.24, 2.45) is 5.92 Å². The third-order valence-corrected chi connectivity index (χ3v) is 3.42. The van der Waals surface area contributed by atoms with Gasteiger partial charge in [-0.05, 0) is 12.1 Å². The van der Waals surface area contributed by atoms with Crippen molar-refractivity contribution in [3.8, 4) is 0 Å². The summed E-state index contributed by atoms with van der Waals surface area (Å²) in [5.74, 6) is -2.29. The summed E-state index contributed by atoms with van der Waals surface area (Å²) in [6.45, 7) is 3.36. The number of halogens is 2. The third-order valence-electron chi connectivity index (χ3n) is 2.06. The van der Waals surface area contributed by atoms with Crippen LogP contribution in [0, 0.1) is 17.6 Å². The molecule has 0 saturated heterocycles. The Labute approximate surface area is 95.1 Å². The van der Waals surface area contributed by atoms with E-state index in [-0.39, 0.29) is 22.3 Å². The summed E-state index contributed by atoms with van der Waals surface area (Å²) in [7, 11) is -1.75. The van der Waals surface area contributed by atoms with Gasteiger partial charge in [0, 0.05) is 12.0 Å². The largest absolute Gasteiger partial charge is 0.298 e. The molecule has 5 heteroatoms. The lowest BCUT2D eigenvalue weighted by atomic mass is 10.1. The van der Waals surface area contributed by atoms with E-state index in [1.807, 2.05) is 0 Å². The number of ketones is 1. The van der Waals surface area contributed by atoms with Gasteiger partial charge < -0.3 is 0 Å². The zero-order chi connectivity index (χ0) is 12.3. The summed E-state index contributed by atoms with van der Waals surface area (Å²) in [5, 5.41) is 0. The maximum Gasteiger partial charge on any atom is 0.148 e. The quantitative estimate of drug-likeness (QED) is 0.817. The number of carbonyl (C=O) groups excluding carboxylic acids is 1. The number of Topliss-reactive ketones (excluding diaryl/α,β-unsaturated/α-hetero) is 1. The second kappa shape index (κ2) is 5.30. The van der Waals surface area contributed by atoms with Crippen molar-refractivity contribution in [3.63, 3.8) is 0 Å². The Kier molecular flexibility index (Phi) is 4.29. The molecule has 1 aromatic rings. The van der Waals surface area contributed by atoms with E-state index in [1.165, 1.54) is 0 Å². The van der Waals surface area contributed by atoms with Gasteiger partial charge in [0.2, 0.25) is 0 Å². The van der Waals surface area contributed by atoms with Gasteiger partial charge in [0.1, 0.15) is 17.4 Å². The van der Waals surface area contributed by atoms with Gasteiger partial charge >= 0.3 is 0 Å². The van der Waals surface area contributed by atoms with Crippen LogP contribution in [0.2, 0.25) is 0 Å². The molecule has 0 N–H and O–H groups in total.